The number of carboxylic acid groups (broad SMARTS) is 1. The Kier molecular flexibility index (Phi) is 6.91. The van der Waals surface area contributed by atoms with Crippen LogP contribution >= 0.6 is 0 Å². The maximum Gasteiger partial charge on any atom is 0.339 e. The molecule has 0 atom stereocenters. The van der Waals surface area contributed by atoms with Gasteiger partial charge in [-0.15, -0.1) is 5.10 Å². The molecule has 9 nitrogen and oxygen atoms in total. The van der Waals surface area contributed by atoms with Gasteiger partial charge in [-0.2, -0.15) is 0 Å². The van der Waals surface area contributed by atoms with Gasteiger partial charge in [0.15, 0.2) is 0 Å². The van der Waals surface area contributed by atoms with Gasteiger partial charge in [-0.25, -0.2) is 4.79 Å². The van der Waals surface area contributed by atoms with Gasteiger partial charge in [0.05, 0.1) is 11.8 Å². The van der Waals surface area contributed by atoms with Crippen molar-refractivity contribution in [2.75, 3.05) is 5.32 Å². The number of aromatic hydroxyl groups is 1. The summed E-state index contributed by atoms with van der Waals surface area (Å²) in [6.07, 6.45) is 3.52. The predicted octanol–water partition coefficient (Wildman–Crippen LogP) is 6.72. The van der Waals surface area contributed by atoms with Gasteiger partial charge >= 0.3 is 5.97 Å². The van der Waals surface area contributed by atoms with Crippen molar-refractivity contribution in [2.24, 2.45) is 0 Å². The molecule has 6 aromatic rings. The van der Waals surface area contributed by atoms with E-state index in [2.05, 4.69) is 15.6 Å². The summed E-state index contributed by atoms with van der Waals surface area (Å²) in [6, 6.07) is 25.9. The Morgan fingerprint density at radius 3 is 2.51 bits per heavy atom. The van der Waals surface area contributed by atoms with Crippen LogP contribution in [0.5, 0.6) is 5.75 Å². The quantitative estimate of drug-likeness (QED) is 0.172. The molecule has 204 valence electrons. The molecule has 0 fully saturated rings. The van der Waals surface area contributed by atoms with E-state index in [4.69, 9.17) is 4.42 Å². The molecule has 0 aliphatic rings. The van der Waals surface area contributed by atoms with Crippen molar-refractivity contribution in [3.63, 3.8) is 0 Å². The molecule has 0 saturated heterocycles. The first kappa shape index (κ1) is 25.8. The number of phenols is 1. The Morgan fingerprint density at radius 2 is 1.68 bits per heavy atom. The standard InChI is InChI=1S/C32H26N4O5/c37-27-18-28-24(17-23(27)32(39)40)30(31(41-28)21-10-2-1-3-11-21)26-19-36(35-34-26)16-7-6-15-29(38)33-25-14-8-12-20-9-4-5-13-22(20)25/h1-5,8-14,17-19,37H,6-7,15-16H2,(H,33,38)(H,39,40). The van der Waals surface area contributed by atoms with Crippen LogP contribution in [0.1, 0.15) is 29.6 Å². The molecule has 0 bridgehead atoms. The number of aryl methyl sites for hydroxylation is 1. The summed E-state index contributed by atoms with van der Waals surface area (Å²) in [6.45, 7) is 0.548. The third-order valence-corrected chi connectivity index (χ3v) is 6.97. The summed E-state index contributed by atoms with van der Waals surface area (Å²) in [5.41, 5.74) is 2.80. The zero-order chi connectivity index (χ0) is 28.3. The van der Waals surface area contributed by atoms with Crippen molar-refractivity contribution in [3.05, 3.63) is 96.7 Å². The summed E-state index contributed by atoms with van der Waals surface area (Å²) >= 11 is 0. The molecule has 0 spiro atoms. The number of nitrogens with zero attached hydrogens (tertiary/aromatic N) is 3. The van der Waals surface area contributed by atoms with Crippen molar-refractivity contribution < 1.29 is 24.2 Å². The molecule has 0 radical (unpaired) electrons. The molecule has 41 heavy (non-hydrogen) atoms. The first-order valence-electron chi connectivity index (χ1n) is 13.2. The number of amides is 1. The number of carboxylic acids is 1. The summed E-state index contributed by atoms with van der Waals surface area (Å²) in [4.78, 5) is 24.3. The van der Waals surface area contributed by atoms with E-state index in [1.54, 1.807) is 10.9 Å². The van der Waals surface area contributed by atoms with Crippen LogP contribution in [0.15, 0.2) is 95.5 Å². The van der Waals surface area contributed by atoms with Crippen LogP contribution in [0.25, 0.3) is 44.3 Å². The van der Waals surface area contributed by atoms with Crippen molar-refractivity contribution in [1.82, 2.24) is 15.0 Å². The van der Waals surface area contributed by atoms with Crippen LogP contribution in [0.2, 0.25) is 0 Å². The van der Waals surface area contributed by atoms with Crippen LogP contribution in [-0.2, 0) is 11.3 Å². The van der Waals surface area contributed by atoms with Gasteiger partial charge in [0.25, 0.3) is 0 Å². The highest BCUT2D eigenvalue weighted by Crippen LogP contribution is 2.42. The number of aromatic nitrogens is 3. The van der Waals surface area contributed by atoms with Crippen LogP contribution in [0, 0.1) is 0 Å². The fourth-order valence-electron chi connectivity index (χ4n) is 4.98. The van der Waals surface area contributed by atoms with Crippen LogP contribution in [0.3, 0.4) is 0 Å². The minimum atomic E-state index is -1.24. The van der Waals surface area contributed by atoms with E-state index in [1.807, 2.05) is 72.8 Å². The minimum Gasteiger partial charge on any atom is -0.507 e. The molecule has 9 heteroatoms. The van der Waals surface area contributed by atoms with Gasteiger partial charge in [-0.05, 0) is 30.4 Å². The molecule has 4 aromatic carbocycles. The first-order chi connectivity index (χ1) is 20.0. The lowest BCUT2D eigenvalue weighted by Gasteiger charge is -2.08. The molecule has 1 amide bonds. The third kappa shape index (κ3) is 5.25. The van der Waals surface area contributed by atoms with E-state index in [1.165, 1.54) is 12.1 Å². The maximum absolute atomic E-state index is 12.6. The molecule has 0 aliphatic heterocycles. The molecule has 0 aliphatic carbocycles. The Labute approximate surface area is 234 Å². The highest BCUT2D eigenvalue weighted by Gasteiger charge is 2.23. The summed E-state index contributed by atoms with van der Waals surface area (Å²) < 4.78 is 7.79. The molecule has 0 unspecified atom stereocenters. The van der Waals surface area contributed by atoms with E-state index in [9.17, 15) is 19.8 Å². The van der Waals surface area contributed by atoms with Crippen LogP contribution < -0.4 is 5.32 Å². The number of nitrogens with one attached hydrogen (secondary N) is 1. The number of anilines is 1. The SMILES string of the molecule is O=C(CCCCn1cc(-c2c(-c3ccccc3)oc3cc(O)c(C(=O)O)cc23)nn1)Nc1cccc2ccccc12. The van der Waals surface area contributed by atoms with Crippen LogP contribution in [0.4, 0.5) is 5.69 Å². The number of carbonyl (C=O) groups is 2. The van der Waals surface area contributed by atoms with Crippen molar-refractivity contribution in [1.29, 1.82) is 0 Å². The van der Waals surface area contributed by atoms with E-state index in [-0.39, 0.29) is 17.2 Å². The maximum atomic E-state index is 12.6. The second kappa shape index (κ2) is 11.0. The summed E-state index contributed by atoms with van der Waals surface area (Å²) in [7, 11) is 0. The molecular weight excluding hydrogens is 520 g/mol. The van der Waals surface area contributed by atoms with Gasteiger partial charge in [0.1, 0.15) is 28.4 Å². The lowest BCUT2D eigenvalue weighted by Crippen LogP contribution is -2.12. The average molecular weight is 547 g/mol. The zero-order valence-corrected chi connectivity index (χ0v) is 21.9. The number of hydrogen-bond donors (Lipinski definition) is 3. The number of hydrogen-bond acceptors (Lipinski definition) is 6. The Balaban J connectivity index is 1.18. The predicted molar refractivity (Wildman–Crippen MR) is 156 cm³/mol. The number of furan rings is 1. The fraction of sp³-hybridized carbons (Fsp3) is 0.125. The molecule has 2 heterocycles. The number of benzene rings is 4. The number of rotatable bonds is 9. The molecule has 0 saturated carbocycles. The summed E-state index contributed by atoms with van der Waals surface area (Å²) in [5, 5.41) is 34.0. The normalized spacial score (nSPS) is 11.2. The van der Waals surface area contributed by atoms with Gasteiger partial charge in [0.2, 0.25) is 5.91 Å². The van der Waals surface area contributed by atoms with Gasteiger partial charge in [-0.3, -0.25) is 9.48 Å². The van der Waals surface area contributed by atoms with Crippen molar-refractivity contribution >= 4 is 39.3 Å². The Bertz CT molecular complexity index is 1890. The molecule has 2 aromatic heterocycles. The van der Waals surface area contributed by atoms with E-state index in [0.717, 1.165) is 22.0 Å². The average Bonchev–Trinajstić information content (AvgIpc) is 3.59. The van der Waals surface area contributed by atoms with E-state index >= 15 is 0 Å². The largest absolute Gasteiger partial charge is 0.507 e. The monoisotopic (exact) mass is 546 g/mol. The Morgan fingerprint density at radius 1 is 0.902 bits per heavy atom. The molecule has 3 N–H and O–H groups in total. The van der Waals surface area contributed by atoms with Crippen molar-refractivity contribution in [3.8, 4) is 28.3 Å². The number of fused-ring (bicyclic) bond motifs is 2. The Hall–Kier alpha value is -5.44. The third-order valence-electron chi connectivity index (χ3n) is 6.97. The highest BCUT2D eigenvalue weighted by atomic mass is 16.4. The highest BCUT2D eigenvalue weighted by molar-refractivity contribution is 6.05. The second-order valence-electron chi connectivity index (χ2n) is 9.74. The van der Waals surface area contributed by atoms with Crippen LogP contribution in [-0.4, -0.2) is 37.1 Å². The van der Waals surface area contributed by atoms with Crippen molar-refractivity contribution in [2.45, 2.75) is 25.8 Å². The second-order valence-corrected chi connectivity index (χ2v) is 9.74. The fourth-order valence-corrected chi connectivity index (χ4v) is 4.98. The summed E-state index contributed by atoms with van der Waals surface area (Å²) in [5.74, 6) is -1.17. The zero-order valence-electron chi connectivity index (χ0n) is 21.9. The molecular formula is C32H26N4O5. The first-order valence-corrected chi connectivity index (χ1v) is 13.2. The number of aromatic carboxylic acids is 1. The van der Waals surface area contributed by atoms with E-state index < -0.39 is 5.97 Å². The number of unbranched alkanes of at least 4 members (excludes halogenated alkanes) is 1. The van der Waals surface area contributed by atoms with Gasteiger partial charge in [0, 0.05) is 41.1 Å². The smallest absolute Gasteiger partial charge is 0.339 e. The topological polar surface area (TPSA) is 130 Å². The molecule has 6 rings (SSSR count). The number of carbonyl (C=O) groups excluding carboxylic acids is 1. The lowest BCUT2D eigenvalue weighted by atomic mass is 10.0. The van der Waals surface area contributed by atoms with Gasteiger partial charge in [-0.1, -0.05) is 71.9 Å². The van der Waals surface area contributed by atoms with E-state index in [0.29, 0.717) is 53.8 Å². The minimum absolute atomic E-state index is 0.0458. The van der Waals surface area contributed by atoms with Gasteiger partial charge < -0.3 is 19.9 Å². The lowest BCUT2D eigenvalue weighted by molar-refractivity contribution is -0.116.